The zero-order valence-corrected chi connectivity index (χ0v) is 18.8. The molecule has 0 saturated carbocycles. The first-order valence-electron chi connectivity index (χ1n) is 9.07. The summed E-state index contributed by atoms with van der Waals surface area (Å²) in [5.74, 6) is 1.24. The van der Waals surface area contributed by atoms with Gasteiger partial charge in [0.05, 0.1) is 25.2 Å². The number of ether oxygens (including phenoxy) is 2. The summed E-state index contributed by atoms with van der Waals surface area (Å²) in [6, 6.07) is 9.02. The molecule has 2 aromatic carbocycles. The number of rotatable bonds is 6. The Kier molecular flexibility index (Phi) is 6.01. The van der Waals surface area contributed by atoms with Gasteiger partial charge in [-0.3, -0.25) is 0 Å². The van der Waals surface area contributed by atoms with E-state index in [1.807, 2.05) is 12.1 Å². The van der Waals surface area contributed by atoms with Crippen molar-refractivity contribution in [3.63, 3.8) is 0 Å². The molecule has 1 aliphatic rings. The number of hydrogen-bond acceptors (Lipinski definition) is 7. The lowest BCUT2D eigenvalue weighted by Gasteiger charge is -2.30. The minimum Gasteiger partial charge on any atom is -0.496 e. The molecule has 11 heteroatoms. The van der Waals surface area contributed by atoms with Crippen LogP contribution >= 0.6 is 0 Å². The molecule has 1 unspecified atom stereocenters. The van der Waals surface area contributed by atoms with E-state index < -0.39 is 32.2 Å². The standard InChI is InChI=1S/C20H22N2O7S2/c1-5-7-16-15-12-13(21-20(23)22(30(3,24)25)31(4,26)27)10-11-14(15)19-17(28-2)8-6-9-18(19)29-16/h5-6,8-12,16H,1,7H2,2-4H3,(H,21,23). The number of amides is 2. The molecular formula is C20H22N2O7S2. The van der Waals surface area contributed by atoms with E-state index in [1.54, 1.807) is 37.5 Å². The molecule has 0 saturated heterocycles. The van der Waals surface area contributed by atoms with E-state index in [4.69, 9.17) is 9.47 Å². The first-order valence-corrected chi connectivity index (χ1v) is 12.8. The third kappa shape index (κ3) is 4.52. The van der Waals surface area contributed by atoms with Crippen LogP contribution in [-0.2, 0) is 20.0 Å². The predicted octanol–water partition coefficient (Wildman–Crippen LogP) is 3.12. The average molecular weight is 467 g/mol. The van der Waals surface area contributed by atoms with Crippen LogP contribution in [0.4, 0.5) is 10.5 Å². The van der Waals surface area contributed by atoms with E-state index >= 15 is 0 Å². The minimum absolute atomic E-state index is 0.185. The van der Waals surface area contributed by atoms with Gasteiger partial charge in [-0.15, -0.1) is 10.3 Å². The topological polar surface area (TPSA) is 119 Å². The van der Waals surface area contributed by atoms with E-state index in [-0.39, 0.29) is 9.40 Å². The largest absolute Gasteiger partial charge is 0.496 e. The molecule has 31 heavy (non-hydrogen) atoms. The SMILES string of the molecule is C=CCC1Oc2cccc(OC)c2-c2ccc(NC(=O)N(S(C)(=O)=O)S(C)(=O)=O)cc21. The number of hydrogen-bond donors (Lipinski definition) is 1. The molecule has 1 N–H and O–H groups in total. The molecule has 1 atom stereocenters. The van der Waals surface area contributed by atoms with Gasteiger partial charge in [-0.05, 0) is 29.8 Å². The Labute approximate surface area is 181 Å². The lowest BCUT2D eigenvalue weighted by atomic mass is 9.90. The highest BCUT2D eigenvalue weighted by Gasteiger charge is 2.33. The molecule has 9 nitrogen and oxygen atoms in total. The molecule has 0 aromatic heterocycles. The third-order valence-corrected chi connectivity index (χ3v) is 7.71. The highest BCUT2D eigenvalue weighted by Crippen LogP contribution is 2.48. The van der Waals surface area contributed by atoms with Crippen LogP contribution in [0.5, 0.6) is 11.5 Å². The fourth-order valence-electron chi connectivity index (χ4n) is 3.44. The van der Waals surface area contributed by atoms with Gasteiger partial charge in [0.25, 0.3) is 0 Å². The Hall–Kier alpha value is -3.05. The van der Waals surface area contributed by atoms with Gasteiger partial charge in [0.1, 0.15) is 17.6 Å². The monoisotopic (exact) mass is 466 g/mol. The van der Waals surface area contributed by atoms with Crippen molar-refractivity contribution in [2.75, 3.05) is 24.9 Å². The van der Waals surface area contributed by atoms with Gasteiger partial charge >= 0.3 is 6.03 Å². The smallest absolute Gasteiger partial charge is 0.349 e. The van der Waals surface area contributed by atoms with Crippen LogP contribution in [0.25, 0.3) is 11.1 Å². The number of benzene rings is 2. The summed E-state index contributed by atoms with van der Waals surface area (Å²) in [4.78, 5) is 12.5. The zero-order chi connectivity index (χ0) is 23.0. The number of nitrogens with zero attached hydrogens (tertiary/aromatic N) is 1. The summed E-state index contributed by atoms with van der Waals surface area (Å²) >= 11 is 0. The van der Waals surface area contributed by atoms with Crippen LogP contribution in [0.1, 0.15) is 18.1 Å². The van der Waals surface area contributed by atoms with Crippen LogP contribution < -0.4 is 14.8 Å². The third-order valence-electron chi connectivity index (χ3n) is 4.55. The van der Waals surface area contributed by atoms with Crippen molar-refractivity contribution in [3.05, 3.63) is 54.6 Å². The number of urea groups is 1. The predicted molar refractivity (Wildman–Crippen MR) is 117 cm³/mol. The Morgan fingerprint density at radius 2 is 1.87 bits per heavy atom. The van der Waals surface area contributed by atoms with E-state index in [0.29, 0.717) is 36.0 Å². The van der Waals surface area contributed by atoms with Crippen LogP contribution in [-0.4, -0.2) is 46.2 Å². The molecular weight excluding hydrogens is 444 g/mol. The summed E-state index contributed by atoms with van der Waals surface area (Å²) in [5.41, 5.74) is 2.47. The second-order valence-corrected chi connectivity index (χ2v) is 10.8. The number of anilines is 1. The van der Waals surface area contributed by atoms with Crippen molar-refractivity contribution in [2.24, 2.45) is 0 Å². The lowest BCUT2D eigenvalue weighted by Crippen LogP contribution is -2.43. The number of fused-ring (bicyclic) bond motifs is 3. The second kappa shape index (κ2) is 8.23. The van der Waals surface area contributed by atoms with Gasteiger partial charge in [0.2, 0.25) is 20.0 Å². The van der Waals surface area contributed by atoms with Crippen molar-refractivity contribution in [1.82, 2.24) is 3.71 Å². The van der Waals surface area contributed by atoms with Crippen molar-refractivity contribution in [3.8, 4) is 22.6 Å². The van der Waals surface area contributed by atoms with Gasteiger partial charge in [0, 0.05) is 17.7 Å². The highest BCUT2D eigenvalue weighted by molar-refractivity contribution is 8.04. The van der Waals surface area contributed by atoms with Crippen LogP contribution in [0.2, 0.25) is 0 Å². The summed E-state index contributed by atoms with van der Waals surface area (Å²) < 4.78 is 58.7. The lowest BCUT2D eigenvalue weighted by molar-refractivity contribution is 0.205. The Morgan fingerprint density at radius 3 is 2.45 bits per heavy atom. The van der Waals surface area contributed by atoms with Gasteiger partial charge < -0.3 is 14.8 Å². The maximum Gasteiger partial charge on any atom is 0.349 e. The molecule has 1 heterocycles. The fourth-order valence-corrected chi connectivity index (χ4v) is 6.10. The Morgan fingerprint density at radius 1 is 1.19 bits per heavy atom. The maximum atomic E-state index is 12.5. The van der Waals surface area contributed by atoms with E-state index in [1.165, 1.54) is 0 Å². The number of carbonyl (C=O) groups is 1. The zero-order valence-electron chi connectivity index (χ0n) is 17.2. The molecule has 0 spiro atoms. The van der Waals surface area contributed by atoms with E-state index in [2.05, 4.69) is 11.9 Å². The summed E-state index contributed by atoms with van der Waals surface area (Å²) in [5, 5.41) is 2.34. The number of methoxy groups -OCH3 is 1. The molecule has 1 aliphatic heterocycles. The average Bonchev–Trinajstić information content (AvgIpc) is 2.65. The van der Waals surface area contributed by atoms with Gasteiger partial charge in [0.15, 0.2) is 0 Å². The molecule has 3 rings (SSSR count). The van der Waals surface area contributed by atoms with E-state index in [9.17, 15) is 21.6 Å². The van der Waals surface area contributed by atoms with Crippen LogP contribution in [0.15, 0.2) is 49.1 Å². The fraction of sp³-hybridized carbons (Fsp3) is 0.250. The molecule has 0 fully saturated rings. The molecule has 0 aliphatic carbocycles. The first-order chi connectivity index (χ1) is 14.5. The number of sulfonamides is 2. The van der Waals surface area contributed by atoms with Gasteiger partial charge in [-0.2, -0.15) is 0 Å². The Balaban J connectivity index is 2.06. The number of nitrogens with one attached hydrogen (secondary N) is 1. The van der Waals surface area contributed by atoms with Crippen molar-refractivity contribution in [1.29, 1.82) is 0 Å². The van der Waals surface area contributed by atoms with Crippen molar-refractivity contribution < 1.29 is 31.1 Å². The first kappa shape index (κ1) is 22.6. The quantitative estimate of drug-likeness (QED) is 0.650. The van der Waals surface area contributed by atoms with Crippen molar-refractivity contribution >= 4 is 31.8 Å². The van der Waals surface area contributed by atoms with Gasteiger partial charge in [-0.1, -0.05) is 18.2 Å². The molecule has 0 radical (unpaired) electrons. The van der Waals surface area contributed by atoms with Crippen LogP contribution in [0, 0.1) is 0 Å². The van der Waals surface area contributed by atoms with Crippen LogP contribution in [0.3, 0.4) is 0 Å². The summed E-state index contributed by atoms with van der Waals surface area (Å²) in [7, 11) is -7.15. The normalized spacial score (nSPS) is 15.1. The van der Waals surface area contributed by atoms with Gasteiger partial charge in [-0.25, -0.2) is 21.6 Å². The molecule has 166 valence electrons. The Bertz CT molecular complexity index is 1220. The highest BCUT2D eigenvalue weighted by atomic mass is 32.3. The van der Waals surface area contributed by atoms with E-state index in [0.717, 1.165) is 11.1 Å². The molecule has 0 bridgehead atoms. The maximum absolute atomic E-state index is 12.5. The summed E-state index contributed by atoms with van der Waals surface area (Å²) in [6.45, 7) is 3.75. The summed E-state index contributed by atoms with van der Waals surface area (Å²) in [6.07, 6.45) is 3.03. The van der Waals surface area contributed by atoms with Crippen molar-refractivity contribution in [2.45, 2.75) is 12.5 Å². The second-order valence-electron chi connectivity index (χ2n) is 6.92. The minimum atomic E-state index is -4.35. The molecule has 2 aromatic rings. The number of carbonyl (C=O) groups excluding carboxylic acids is 1. The molecule has 2 amide bonds.